The average molecular weight is 384 g/mol. The molecule has 4 aromatic rings. The van der Waals surface area contributed by atoms with Gasteiger partial charge in [-0.25, -0.2) is 9.97 Å². The second kappa shape index (κ2) is 5.97. The minimum Gasteiger partial charge on any atom is -0.342 e. The van der Waals surface area contributed by atoms with Crippen LogP contribution in [-0.2, 0) is 5.54 Å². The highest BCUT2D eigenvalue weighted by atomic mass is 15.4. The fourth-order valence-corrected chi connectivity index (χ4v) is 4.78. The van der Waals surface area contributed by atoms with Crippen molar-refractivity contribution in [3.63, 3.8) is 0 Å². The summed E-state index contributed by atoms with van der Waals surface area (Å²) in [5.74, 6) is 3.38. The van der Waals surface area contributed by atoms with Crippen molar-refractivity contribution in [2.45, 2.75) is 31.7 Å². The van der Waals surface area contributed by atoms with Gasteiger partial charge in [-0.15, -0.1) is 10.2 Å². The molecular formula is C21H20N8. The van der Waals surface area contributed by atoms with E-state index in [1.807, 2.05) is 47.3 Å². The number of aromatic nitrogens is 7. The Balaban J connectivity index is 1.54. The lowest BCUT2D eigenvalue weighted by Gasteiger charge is -2.42. The van der Waals surface area contributed by atoms with Gasteiger partial charge in [-0.05, 0) is 19.3 Å². The van der Waals surface area contributed by atoms with Gasteiger partial charge in [-0.1, -0.05) is 37.3 Å². The van der Waals surface area contributed by atoms with Crippen molar-refractivity contribution in [3.8, 4) is 23.0 Å². The summed E-state index contributed by atoms with van der Waals surface area (Å²) in [5, 5.41) is 8.67. The summed E-state index contributed by atoms with van der Waals surface area (Å²) in [6.07, 6.45) is 10.5. The Labute approximate surface area is 167 Å². The molecule has 29 heavy (non-hydrogen) atoms. The smallest absolute Gasteiger partial charge is 0.237 e. The maximum atomic E-state index is 5.02. The first-order chi connectivity index (χ1) is 14.3. The number of rotatable bonds is 3. The van der Waals surface area contributed by atoms with E-state index in [9.17, 15) is 0 Å². The molecule has 0 amide bonds. The van der Waals surface area contributed by atoms with Crippen molar-refractivity contribution < 1.29 is 0 Å². The molecule has 1 fully saturated rings. The van der Waals surface area contributed by atoms with Gasteiger partial charge < -0.3 is 4.90 Å². The van der Waals surface area contributed by atoms with Crippen molar-refractivity contribution in [1.82, 2.24) is 34.3 Å². The summed E-state index contributed by atoms with van der Waals surface area (Å²) in [6, 6.07) is 10.1. The van der Waals surface area contributed by atoms with Gasteiger partial charge in [-0.2, -0.15) is 4.98 Å². The predicted molar refractivity (Wildman–Crippen MR) is 108 cm³/mol. The van der Waals surface area contributed by atoms with Crippen molar-refractivity contribution >= 4 is 5.82 Å². The molecule has 1 atom stereocenters. The van der Waals surface area contributed by atoms with Crippen LogP contribution in [0, 0.1) is 0 Å². The van der Waals surface area contributed by atoms with Crippen molar-refractivity contribution in [3.05, 3.63) is 61.1 Å². The highest BCUT2D eigenvalue weighted by molar-refractivity contribution is 5.65. The quantitative estimate of drug-likeness (QED) is 0.540. The van der Waals surface area contributed by atoms with E-state index in [1.54, 1.807) is 12.5 Å². The molecule has 0 aliphatic carbocycles. The van der Waals surface area contributed by atoms with Gasteiger partial charge >= 0.3 is 0 Å². The van der Waals surface area contributed by atoms with Crippen LogP contribution in [0.4, 0.5) is 5.82 Å². The van der Waals surface area contributed by atoms with E-state index in [1.165, 1.54) is 0 Å². The Morgan fingerprint density at radius 2 is 2.00 bits per heavy atom. The van der Waals surface area contributed by atoms with Crippen LogP contribution < -0.4 is 4.90 Å². The largest absolute Gasteiger partial charge is 0.342 e. The zero-order chi connectivity index (χ0) is 19.4. The van der Waals surface area contributed by atoms with Crippen LogP contribution in [0.25, 0.3) is 23.0 Å². The normalized spacial score (nSPS) is 19.7. The second-order valence-corrected chi connectivity index (χ2v) is 7.53. The molecule has 8 heteroatoms. The summed E-state index contributed by atoms with van der Waals surface area (Å²) in [6.45, 7) is 3.17. The van der Waals surface area contributed by atoms with E-state index in [0.717, 1.165) is 54.5 Å². The molecule has 0 N–H and O–H groups in total. The number of fused-ring (bicyclic) bond motifs is 6. The maximum Gasteiger partial charge on any atom is 0.237 e. The summed E-state index contributed by atoms with van der Waals surface area (Å²) in [4.78, 5) is 16.6. The minimum atomic E-state index is -0.147. The SMILES string of the molecule is CCC12CCCN1c1nc(-n3ccnc3-c3ccccc3)ncc1-n1cnnc12. The van der Waals surface area contributed by atoms with Crippen LogP contribution in [0.2, 0.25) is 0 Å². The lowest BCUT2D eigenvalue weighted by molar-refractivity contribution is 0.382. The Hall–Kier alpha value is -3.55. The fraction of sp³-hybridized carbons (Fsp3) is 0.286. The fourth-order valence-electron chi connectivity index (χ4n) is 4.78. The molecular weight excluding hydrogens is 364 g/mol. The Kier molecular flexibility index (Phi) is 3.38. The molecule has 1 unspecified atom stereocenters. The first kappa shape index (κ1) is 16.4. The number of hydrogen-bond donors (Lipinski definition) is 0. The molecule has 2 aliphatic heterocycles. The average Bonchev–Trinajstić information content (AvgIpc) is 3.53. The van der Waals surface area contributed by atoms with Crippen LogP contribution >= 0.6 is 0 Å². The van der Waals surface area contributed by atoms with Gasteiger partial charge in [0.25, 0.3) is 0 Å². The van der Waals surface area contributed by atoms with E-state index in [4.69, 9.17) is 4.98 Å². The minimum absolute atomic E-state index is 0.147. The number of benzene rings is 1. The van der Waals surface area contributed by atoms with Gasteiger partial charge in [0.1, 0.15) is 23.4 Å². The second-order valence-electron chi connectivity index (χ2n) is 7.53. The number of hydrogen-bond acceptors (Lipinski definition) is 6. The van der Waals surface area contributed by atoms with E-state index < -0.39 is 0 Å². The molecule has 2 aliphatic rings. The lowest BCUT2D eigenvalue weighted by Crippen LogP contribution is -2.46. The molecule has 0 radical (unpaired) electrons. The van der Waals surface area contributed by atoms with Gasteiger partial charge in [-0.3, -0.25) is 9.13 Å². The molecule has 144 valence electrons. The zero-order valence-corrected chi connectivity index (χ0v) is 16.1. The first-order valence-corrected chi connectivity index (χ1v) is 9.96. The maximum absolute atomic E-state index is 5.02. The van der Waals surface area contributed by atoms with E-state index >= 15 is 0 Å². The third kappa shape index (κ3) is 2.16. The first-order valence-electron chi connectivity index (χ1n) is 9.96. The van der Waals surface area contributed by atoms with E-state index in [-0.39, 0.29) is 5.54 Å². The van der Waals surface area contributed by atoms with Crippen LogP contribution in [0.1, 0.15) is 32.0 Å². The highest BCUT2D eigenvalue weighted by Gasteiger charge is 2.49. The topological polar surface area (TPSA) is 77.5 Å². The van der Waals surface area contributed by atoms with E-state index in [0.29, 0.717) is 5.95 Å². The van der Waals surface area contributed by atoms with Crippen molar-refractivity contribution in [1.29, 1.82) is 0 Å². The molecule has 0 bridgehead atoms. The molecule has 0 saturated carbocycles. The molecule has 8 nitrogen and oxygen atoms in total. The third-order valence-electron chi connectivity index (χ3n) is 6.18. The molecule has 1 saturated heterocycles. The van der Waals surface area contributed by atoms with E-state index in [2.05, 4.69) is 36.6 Å². The Morgan fingerprint density at radius 1 is 1.10 bits per heavy atom. The lowest BCUT2D eigenvalue weighted by atomic mass is 9.90. The van der Waals surface area contributed by atoms with Crippen molar-refractivity contribution in [2.24, 2.45) is 0 Å². The van der Waals surface area contributed by atoms with Crippen molar-refractivity contribution in [2.75, 3.05) is 11.4 Å². The highest BCUT2D eigenvalue weighted by Crippen LogP contribution is 2.48. The van der Waals surface area contributed by atoms with Crippen LogP contribution in [0.5, 0.6) is 0 Å². The van der Waals surface area contributed by atoms with Crippen LogP contribution in [0.3, 0.4) is 0 Å². The third-order valence-corrected chi connectivity index (χ3v) is 6.18. The molecule has 3 aromatic heterocycles. The molecule has 0 spiro atoms. The van der Waals surface area contributed by atoms with Gasteiger partial charge in [0.15, 0.2) is 11.6 Å². The standard InChI is InChI=1S/C21H20N8/c1-2-21-9-6-11-29(21)18-16(28-14-24-26-19(21)28)13-23-20(25-18)27-12-10-22-17(27)15-7-4-3-5-8-15/h3-5,7-8,10,12-14H,2,6,9,11H2,1H3. The van der Waals surface area contributed by atoms with Gasteiger partial charge in [0.2, 0.25) is 5.95 Å². The van der Waals surface area contributed by atoms with Gasteiger partial charge in [0.05, 0.1) is 6.20 Å². The number of imidazole rings is 1. The summed E-state index contributed by atoms with van der Waals surface area (Å²) < 4.78 is 4.00. The van der Waals surface area contributed by atoms with Gasteiger partial charge in [0, 0.05) is 24.5 Å². The summed E-state index contributed by atoms with van der Waals surface area (Å²) in [7, 11) is 0. The Morgan fingerprint density at radius 3 is 2.86 bits per heavy atom. The van der Waals surface area contributed by atoms with Crippen LogP contribution in [0.15, 0.2) is 55.2 Å². The predicted octanol–water partition coefficient (Wildman–Crippen LogP) is 3.13. The molecule has 1 aromatic carbocycles. The number of nitrogens with zero attached hydrogens (tertiary/aromatic N) is 8. The Bertz CT molecular complexity index is 1190. The summed E-state index contributed by atoms with van der Waals surface area (Å²) in [5.41, 5.74) is 1.82. The zero-order valence-electron chi connectivity index (χ0n) is 16.1. The number of anilines is 1. The molecule has 6 rings (SSSR count). The monoisotopic (exact) mass is 384 g/mol. The molecule has 5 heterocycles. The summed E-state index contributed by atoms with van der Waals surface area (Å²) >= 11 is 0. The van der Waals surface area contributed by atoms with Crippen LogP contribution in [-0.4, -0.2) is 40.8 Å².